The van der Waals surface area contributed by atoms with Crippen LogP contribution in [0.1, 0.15) is 28.8 Å². The molecule has 1 fully saturated rings. The molecule has 1 saturated heterocycles. The summed E-state index contributed by atoms with van der Waals surface area (Å²) in [6, 6.07) is 21.6. The van der Waals surface area contributed by atoms with E-state index in [9.17, 15) is 13.2 Å². The van der Waals surface area contributed by atoms with Gasteiger partial charge in [0, 0.05) is 30.2 Å². The summed E-state index contributed by atoms with van der Waals surface area (Å²) in [4.78, 5) is 20.2. The van der Waals surface area contributed by atoms with Crippen LogP contribution in [0.25, 0.3) is 10.2 Å². The summed E-state index contributed by atoms with van der Waals surface area (Å²) in [6.07, 6.45) is 1.72. The highest BCUT2D eigenvalue weighted by Gasteiger charge is 2.27. The van der Waals surface area contributed by atoms with Gasteiger partial charge in [0.2, 0.25) is 10.0 Å². The Balaban J connectivity index is 1.42. The molecule has 1 aliphatic heterocycles. The number of rotatable bonds is 8. The lowest BCUT2D eigenvalue weighted by molar-refractivity contribution is 0.0978. The molecule has 192 valence electrons. The summed E-state index contributed by atoms with van der Waals surface area (Å²) in [5, 5.41) is 0.579. The normalized spacial score (nSPS) is 15.9. The van der Waals surface area contributed by atoms with E-state index in [1.165, 1.54) is 27.8 Å². The topological polar surface area (TPSA) is 79.8 Å². The van der Waals surface area contributed by atoms with Crippen LogP contribution < -0.4 is 4.90 Å². The number of likely N-dealkylation sites (N-methyl/N-ethyl adjacent to an activating group) is 1. The van der Waals surface area contributed by atoms with Gasteiger partial charge in [-0.2, -0.15) is 4.31 Å². The van der Waals surface area contributed by atoms with E-state index in [4.69, 9.17) is 9.72 Å². The van der Waals surface area contributed by atoms with E-state index in [2.05, 4.69) is 15.9 Å². The van der Waals surface area contributed by atoms with Crippen LogP contribution in [-0.4, -0.2) is 49.9 Å². The summed E-state index contributed by atoms with van der Waals surface area (Å²) in [6.45, 7) is 1.31. The quantitative estimate of drug-likeness (QED) is 0.259. The average Bonchev–Trinajstić information content (AvgIpc) is 3.57. The van der Waals surface area contributed by atoms with Gasteiger partial charge >= 0.3 is 0 Å². The number of aromatic nitrogens is 1. The lowest BCUT2D eigenvalue weighted by atomic mass is 10.1. The molecule has 0 saturated carbocycles. The van der Waals surface area contributed by atoms with Crippen LogP contribution in [0.2, 0.25) is 0 Å². The van der Waals surface area contributed by atoms with Crippen LogP contribution in [0.4, 0.5) is 5.13 Å². The van der Waals surface area contributed by atoms with Crippen molar-refractivity contribution in [2.45, 2.75) is 30.4 Å². The third-order valence-electron chi connectivity index (χ3n) is 6.29. The number of carbonyl (C=O) groups is 1. The van der Waals surface area contributed by atoms with Crippen molar-refractivity contribution in [2.75, 3.05) is 25.1 Å². The SMILES string of the molecule is CN(CC1CCCO1)S(=O)(=O)c1ccc(C(=O)N(Cc2ccccc2)c2nc3ccc(Br)cc3s2)cc1. The molecule has 1 aromatic heterocycles. The number of hydrogen-bond donors (Lipinski definition) is 0. The summed E-state index contributed by atoms with van der Waals surface area (Å²) in [7, 11) is -2.14. The maximum atomic E-state index is 13.7. The van der Waals surface area contributed by atoms with E-state index in [0.717, 1.165) is 33.1 Å². The second-order valence-electron chi connectivity index (χ2n) is 8.93. The number of sulfonamides is 1. The molecule has 2 heterocycles. The van der Waals surface area contributed by atoms with Crippen molar-refractivity contribution in [2.24, 2.45) is 0 Å². The van der Waals surface area contributed by atoms with Gasteiger partial charge in [0.15, 0.2) is 5.13 Å². The van der Waals surface area contributed by atoms with Crippen LogP contribution in [0.5, 0.6) is 0 Å². The van der Waals surface area contributed by atoms with E-state index < -0.39 is 10.0 Å². The first kappa shape index (κ1) is 26.0. The summed E-state index contributed by atoms with van der Waals surface area (Å²) in [5.41, 5.74) is 2.16. The van der Waals surface area contributed by atoms with Crippen molar-refractivity contribution in [1.29, 1.82) is 0 Å². The second kappa shape index (κ2) is 11.0. The highest BCUT2D eigenvalue weighted by atomic mass is 79.9. The number of nitrogens with zero attached hydrogens (tertiary/aromatic N) is 3. The predicted octanol–water partition coefficient (Wildman–Crippen LogP) is 5.71. The third kappa shape index (κ3) is 5.78. The molecule has 7 nitrogen and oxygen atoms in total. The number of halogens is 1. The van der Waals surface area contributed by atoms with E-state index in [0.29, 0.717) is 30.4 Å². The summed E-state index contributed by atoms with van der Waals surface area (Å²) >= 11 is 4.93. The zero-order valence-electron chi connectivity index (χ0n) is 20.2. The minimum absolute atomic E-state index is 0.0818. The molecular formula is C27H26BrN3O4S2. The Kier molecular flexibility index (Phi) is 7.73. The summed E-state index contributed by atoms with van der Waals surface area (Å²) < 4.78 is 35.0. The highest BCUT2D eigenvalue weighted by molar-refractivity contribution is 9.10. The molecule has 1 amide bonds. The third-order valence-corrected chi connectivity index (χ3v) is 9.66. The molecule has 4 aromatic rings. The van der Waals surface area contributed by atoms with Gasteiger partial charge in [0.1, 0.15) is 0 Å². The van der Waals surface area contributed by atoms with Crippen LogP contribution in [-0.2, 0) is 21.3 Å². The maximum Gasteiger partial charge on any atom is 0.260 e. The predicted molar refractivity (Wildman–Crippen MR) is 150 cm³/mol. The minimum Gasteiger partial charge on any atom is -0.377 e. The number of thiazole rings is 1. The number of ether oxygens (including phenoxy) is 1. The average molecular weight is 601 g/mol. The number of fused-ring (bicyclic) bond motifs is 1. The molecule has 1 aliphatic rings. The Bertz CT molecular complexity index is 1500. The van der Waals surface area contributed by atoms with Crippen molar-refractivity contribution in [1.82, 2.24) is 9.29 Å². The standard InChI is InChI=1S/C27H26BrN3O4S2/c1-30(18-22-8-5-15-35-22)37(33,34)23-12-9-20(10-13-23)26(32)31(17-19-6-3-2-4-7-19)27-29-24-14-11-21(28)16-25(24)36-27/h2-4,6-7,9-14,16,22H,5,8,15,17-18H2,1H3. The number of anilines is 1. The van der Waals surface area contributed by atoms with E-state index in [-0.39, 0.29) is 16.9 Å². The molecule has 0 bridgehead atoms. The molecule has 1 atom stereocenters. The molecule has 0 radical (unpaired) electrons. The fourth-order valence-electron chi connectivity index (χ4n) is 4.27. The monoisotopic (exact) mass is 599 g/mol. The van der Waals surface area contributed by atoms with Crippen LogP contribution in [0.3, 0.4) is 0 Å². The molecular weight excluding hydrogens is 574 g/mol. The maximum absolute atomic E-state index is 13.7. The van der Waals surface area contributed by atoms with Crippen LogP contribution >= 0.6 is 27.3 Å². The van der Waals surface area contributed by atoms with E-state index >= 15 is 0 Å². The number of hydrogen-bond acceptors (Lipinski definition) is 6. The highest BCUT2D eigenvalue weighted by Crippen LogP contribution is 2.32. The second-order valence-corrected chi connectivity index (χ2v) is 12.9. The van der Waals surface area contributed by atoms with Gasteiger partial charge in [-0.05, 0) is 60.9 Å². The van der Waals surface area contributed by atoms with Gasteiger partial charge in [0.05, 0.1) is 27.8 Å². The first-order valence-electron chi connectivity index (χ1n) is 11.9. The number of amides is 1. The van der Waals surface area contributed by atoms with Crippen LogP contribution in [0.15, 0.2) is 82.2 Å². The van der Waals surface area contributed by atoms with Gasteiger partial charge in [-0.25, -0.2) is 13.4 Å². The first-order chi connectivity index (χ1) is 17.8. The zero-order chi connectivity index (χ0) is 26.0. The molecule has 0 N–H and O–H groups in total. The Labute approximate surface area is 228 Å². The minimum atomic E-state index is -3.70. The van der Waals surface area contributed by atoms with Gasteiger partial charge in [-0.1, -0.05) is 57.6 Å². The lowest BCUT2D eigenvalue weighted by Crippen LogP contribution is -2.34. The van der Waals surface area contributed by atoms with Crippen LogP contribution in [0, 0.1) is 0 Å². The smallest absolute Gasteiger partial charge is 0.260 e. The largest absolute Gasteiger partial charge is 0.377 e. The van der Waals surface area contributed by atoms with Gasteiger partial charge in [0.25, 0.3) is 5.91 Å². The molecule has 3 aromatic carbocycles. The molecule has 5 rings (SSSR count). The Morgan fingerprint density at radius 2 is 1.86 bits per heavy atom. The van der Waals surface area contributed by atoms with Crippen molar-refractivity contribution in [3.05, 3.63) is 88.4 Å². The van der Waals surface area contributed by atoms with Crippen molar-refractivity contribution < 1.29 is 17.9 Å². The van der Waals surface area contributed by atoms with E-state index in [1.807, 2.05) is 48.5 Å². The van der Waals surface area contributed by atoms with Gasteiger partial charge in [-0.15, -0.1) is 0 Å². The molecule has 0 spiro atoms. The Morgan fingerprint density at radius 1 is 1.11 bits per heavy atom. The molecule has 37 heavy (non-hydrogen) atoms. The zero-order valence-corrected chi connectivity index (χ0v) is 23.4. The van der Waals surface area contributed by atoms with E-state index in [1.54, 1.807) is 24.1 Å². The molecule has 10 heteroatoms. The molecule has 0 aliphatic carbocycles. The first-order valence-corrected chi connectivity index (χ1v) is 15.0. The molecule has 1 unspecified atom stereocenters. The van der Waals surface area contributed by atoms with Gasteiger partial charge in [-0.3, -0.25) is 9.69 Å². The van der Waals surface area contributed by atoms with Gasteiger partial charge < -0.3 is 4.74 Å². The van der Waals surface area contributed by atoms with Crippen molar-refractivity contribution >= 4 is 58.5 Å². The number of benzene rings is 3. The Morgan fingerprint density at radius 3 is 2.57 bits per heavy atom. The fourth-order valence-corrected chi connectivity index (χ4v) is 6.99. The lowest BCUT2D eigenvalue weighted by Gasteiger charge is -2.22. The number of carbonyl (C=O) groups excluding carboxylic acids is 1. The fraction of sp³-hybridized carbons (Fsp3) is 0.259. The Hall–Kier alpha value is -2.63. The van der Waals surface area contributed by atoms with Crippen molar-refractivity contribution in [3.63, 3.8) is 0 Å². The summed E-state index contributed by atoms with van der Waals surface area (Å²) in [5.74, 6) is -0.251. The van der Waals surface area contributed by atoms with Crippen molar-refractivity contribution in [3.8, 4) is 0 Å².